The van der Waals surface area contributed by atoms with E-state index in [9.17, 15) is 5.11 Å². The first-order chi connectivity index (χ1) is 9.20. The molecular formula is C15H14N2O2. The van der Waals surface area contributed by atoms with Gasteiger partial charge in [0.2, 0.25) is 0 Å². The zero-order valence-electron chi connectivity index (χ0n) is 10.8. The first-order valence-electron chi connectivity index (χ1n) is 6.01. The van der Waals surface area contributed by atoms with Crippen LogP contribution < -0.4 is 4.74 Å². The fourth-order valence-electron chi connectivity index (χ4n) is 2.31. The number of aromatic nitrogens is 2. The van der Waals surface area contributed by atoms with Crippen LogP contribution in [0.2, 0.25) is 0 Å². The first kappa shape index (κ1) is 11.6. The van der Waals surface area contributed by atoms with E-state index < -0.39 is 0 Å². The van der Waals surface area contributed by atoms with Gasteiger partial charge in [0.15, 0.2) is 0 Å². The second-order valence-electron chi connectivity index (χ2n) is 4.42. The number of H-pyrrole nitrogens is 1. The molecule has 0 radical (unpaired) electrons. The Labute approximate surface area is 110 Å². The molecule has 0 saturated carbocycles. The van der Waals surface area contributed by atoms with Crippen LogP contribution in [0.25, 0.3) is 27.9 Å². The van der Waals surface area contributed by atoms with E-state index in [2.05, 4.69) is 9.97 Å². The molecule has 0 aliphatic carbocycles. The van der Waals surface area contributed by atoms with Gasteiger partial charge < -0.3 is 14.8 Å². The fourth-order valence-corrected chi connectivity index (χ4v) is 2.31. The highest BCUT2D eigenvalue weighted by molar-refractivity contribution is 6.12. The van der Waals surface area contributed by atoms with Crippen molar-refractivity contribution in [3.63, 3.8) is 0 Å². The van der Waals surface area contributed by atoms with Crippen molar-refractivity contribution in [2.75, 3.05) is 7.11 Å². The number of hydrogen-bond donors (Lipinski definition) is 2. The number of nitrogens with zero attached hydrogens (tertiary/aromatic N) is 1. The number of aliphatic hydroxyl groups is 1. The normalized spacial score (nSPS) is 12.2. The summed E-state index contributed by atoms with van der Waals surface area (Å²) in [5, 5.41) is 11.5. The Morgan fingerprint density at radius 1 is 1.37 bits per heavy atom. The largest absolute Gasteiger partial charge is 0.513 e. The van der Waals surface area contributed by atoms with Crippen molar-refractivity contribution in [1.82, 2.24) is 9.97 Å². The molecule has 0 aliphatic heterocycles. The van der Waals surface area contributed by atoms with Crippen LogP contribution in [-0.2, 0) is 0 Å². The summed E-state index contributed by atoms with van der Waals surface area (Å²) in [7, 11) is 1.63. The minimum absolute atomic E-state index is 0.220. The van der Waals surface area contributed by atoms with Gasteiger partial charge in [0.25, 0.3) is 0 Å². The summed E-state index contributed by atoms with van der Waals surface area (Å²) in [6.45, 7) is 1.63. The number of nitrogens with one attached hydrogen (secondary N) is 1. The highest BCUT2D eigenvalue weighted by Gasteiger charge is 2.13. The van der Waals surface area contributed by atoms with Crippen LogP contribution in [0, 0.1) is 0 Å². The number of fused-ring (bicyclic) bond motifs is 3. The molecule has 4 nitrogen and oxygen atoms in total. The Balaban J connectivity index is 2.47. The monoisotopic (exact) mass is 254 g/mol. The lowest BCUT2D eigenvalue weighted by atomic mass is 10.1. The van der Waals surface area contributed by atoms with E-state index in [1.165, 1.54) is 0 Å². The van der Waals surface area contributed by atoms with Crippen molar-refractivity contribution in [1.29, 1.82) is 0 Å². The van der Waals surface area contributed by atoms with Crippen LogP contribution >= 0.6 is 0 Å². The molecule has 1 aromatic carbocycles. The van der Waals surface area contributed by atoms with Crippen molar-refractivity contribution < 1.29 is 9.84 Å². The van der Waals surface area contributed by atoms with Gasteiger partial charge in [0.05, 0.1) is 35.7 Å². The highest BCUT2D eigenvalue weighted by Crippen LogP contribution is 2.34. The SMILES string of the molecule is COc1cnc(/C=C(/C)O)c2[nH]c3ccccc3c12. The quantitative estimate of drug-likeness (QED) is 0.686. The maximum absolute atomic E-state index is 9.44. The number of aromatic amines is 1. The molecule has 2 aromatic heterocycles. The van der Waals surface area contributed by atoms with Crippen LogP contribution in [0.15, 0.2) is 36.2 Å². The van der Waals surface area contributed by atoms with Gasteiger partial charge in [0, 0.05) is 17.0 Å². The van der Waals surface area contributed by atoms with Crippen LogP contribution in [0.1, 0.15) is 12.6 Å². The van der Waals surface area contributed by atoms with Crippen molar-refractivity contribution >= 4 is 27.9 Å². The van der Waals surface area contributed by atoms with Crippen molar-refractivity contribution in [2.24, 2.45) is 0 Å². The topological polar surface area (TPSA) is 58.1 Å². The van der Waals surface area contributed by atoms with Crippen LogP contribution in [0.4, 0.5) is 0 Å². The molecule has 2 N–H and O–H groups in total. The summed E-state index contributed by atoms with van der Waals surface area (Å²) in [5.41, 5.74) is 2.59. The lowest BCUT2D eigenvalue weighted by Crippen LogP contribution is -1.90. The summed E-state index contributed by atoms with van der Waals surface area (Å²) in [4.78, 5) is 7.65. The molecule has 19 heavy (non-hydrogen) atoms. The maximum Gasteiger partial charge on any atom is 0.147 e. The lowest BCUT2D eigenvalue weighted by molar-refractivity contribution is 0.417. The fraction of sp³-hybridized carbons (Fsp3) is 0.133. The zero-order valence-corrected chi connectivity index (χ0v) is 10.8. The molecule has 2 heterocycles. The van der Waals surface area contributed by atoms with Gasteiger partial charge in [-0.1, -0.05) is 18.2 Å². The highest BCUT2D eigenvalue weighted by atomic mass is 16.5. The number of benzene rings is 1. The average Bonchev–Trinajstić information content (AvgIpc) is 2.79. The molecule has 0 bridgehead atoms. The summed E-state index contributed by atoms with van der Waals surface area (Å²) in [6, 6.07) is 8.01. The van der Waals surface area contributed by atoms with Crippen molar-refractivity contribution in [3.8, 4) is 5.75 Å². The minimum atomic E-state index is 0.220. The Morgan fingerprint density at radius 3 is 2.89 bits per heavy atom. The predicted octanol–water partition coefficient (Wildman–Crippen LogP) is 3.64. The van der Waals surface area contributed by atoms with E-state index in [-0.39, 0.29) is 5.76 Å². The van der Waals surface area contributed by atoms with E-state index >= 15 is 0 Å². The first-order valence-corrected chi connectivity index (χ1v) is 6.01. The van der Waals surface area contributed by atoms with Crippen LogP contribution in [0.3, 0.4) is 0 Å². The molecule has 96 valence electrons. The van der Waals surface area contributed by atoms with E-state index in [0.29, 0.717) is 5.69 Å². The molecule has 0 amide bonds. The number of aliphatic hydroxyl groups excluding tert-OH is 1. The number of hydrogen-bond acceptors (Lipinski definition) is 3. The number of allylic oxidation sites excluding steroid dienone is 1. The molecule has 0 fully saturated rings. The zero-order chi connectivity index (χ0) is 13.4. The Kier molecular flexibility index (Phi) is 2.63. The second-order valence-corrected chi connectivity index (χ2v) is 4.42. The number of pyridine rings is 1. The molecule has 0 unspecified atom stereocenters. The summed E-state index contributed by atoms with van der Waals surface area (Å²) < 4.78 is 5.39. The second kappa shape index (κ2) is 4.31. The average molecular weight is 254 g/mol. The van der Waals surface area contributed by atoms with E-state index in [4.69, 9.17) is 4.74 Å². The number of para-hydroxylation sites is 1. The third kappa shape index (κ3) is 1.81. The van der Waals surface area contributed by atoms with Gasteiger partial charge in [-0.3, -0.25) is 4.98 Å². The Hall–Kier alpha value is -2.49. The summed E-state index contributed by atoms with van der Waals surface area (Å²) in [6.07, 6.45) is 3.31. The van der Waals surface area contributed by atoms with Crippen molar-refractivity contribution in [2.45, 2.75) is 6.92 Å². The molecular weight excluding hydrogens is 240 g/mol. The lowest BCUT2D eigenvalue weighted by Gasteiger charge is -2.04. The third-order valence-corrected chi connectivity index (χ3v) is 3.10. The Morgan fingerprint density at radius 2 is 2.16 bits per heavy atom. The predicted molar refractivity (Wildman–Crippen MR) is 76.4 cm³/mol. The Bertz CT molecular complexity index is 783. The number of ether oxygens (including phenoxy) is 1. The van der Waals surface area contributed by atoms with Gasteiger partial charge >= 0.3 is 0 Å². The summed E-state index contributed by atoms with van der Waals surface area (Å²) in [5.74, 6) is 0.942. The maximum atomic E-state index is 9.44. The standard InChI is InChI=1S/C15H14N2O2/c1-9(18)7-12-15-14(13(19-2)8-16-12)10-5-3-4-6-11(10)17-15/h3-8,17-18H,1-2H3/b9-7-. The number of rotatable bonds is 2. The molecule has 0 saturated heterocycles. The smallest absolute Gasteiger partial charge is 0.147 e. The van der Waals surface area contributed by atoms with E-state index in [1.54, 1.807) is 26.3 Å². The van der Waals surface area contributed by atoms with Gasteiger partial charge in [-0.15, -0.1) is 0 Å². The molecule has 4 heteroatoms. The molecule has 3 aromatic rings. The third-order valence-electron chi connectivity index (χ3n) is 3.10. The van der Waals surface area contributed by atoms with E-state index in [0.717, 1.165) is 27.6 Å². The molecule has 0 aliphatic rings. The van der Waals surface area contributed by atoms with Crippen LogP contribution in [-0.4, -0.2) is 22.2 Å². The van der Waals surface area contributed by atoms with Gasteiger partial charge in [-0.25, -0.2) is 0 Å². The summed E-state index contributed by atoms with van der Waals surface area (Å²) >= 11 is 0. The van der Waals surface area contributed by atoms with Gasteiger partial charge in [0.1, 0.15) is 5.75 Å². The van der Waals surface area contributed by atoms with E-state index in [1.807, 2.05) is 24.3 Å². The van der Waals surface area contributed by atoms with Gasteiger partial charge in [-0.05, 0) is 13.0 Å². The van der Waals surface area contributed by atoms with Crippen LogP contribution in [0.5, 0.6) is 5.75 Å². The van der Waals surface area contributed by atoms with Crippen molar-refractivity contribution in [3.05, 3.63) is 41.9 Å². The van der Waals surface area contributed by atoms with Gasteiger partial charge in [-0.2, -0.15) is 0 Å². The molecule has 0 atom stereocenters. The minimum Gasteiger partial charge on any atom is -0.513 e. The molecule has 3 rings (SSSR count). The molecule has 0 spiro atoms. The number of methoxy groups -OCH3 is 1.